The number of carbonyl (C=O) groups excluding carboxylic acids is 3. The number of hydrogen-bond donors (Lipinski definition) is 4. The van der Waals surface area contributed by atoms with Crippen LogP contribution in [0.25, 0.3) is 0 Å². The van der Waals surface area contributed by atoms with Crippen molar-refractivity contribution in [3.8, 4) is 0 Å². The summed E-state index contributed by atoms with van der Waals surface area (Å²) in [6.45, 7) is 12.9. The number of carbonyl (C=O) groups is 3. The van der Waals surface area contributed by atoms with Crippen molar-refractivity contribution in [3.63, 3.8) is 0 Å². The third-order valence-corrected chi connectivity index (χ3v) is 10.9. The van der Waals surface area contributed by atoms with E-state index in [0.29, 0.717) is 18.4 Å². The van der Waals surface area contributed by atoms with Crippen LogP contribution in [-0.4, -0.2) is 80.6 Å². The Labute approximate surface area is 241 Å². The maximum absolute atomic E-state index is 13.6. The van der Waals surface area contributed by atoms with Gasteiger partial charge in [0.05, 0.1) is 18.6 Å². The molecule has 10 nitrogen and oxygen atoms in total. The van der Waals surface area contributed by atoms with Gasteiger partial charge in [-0.3, -0.25) is 9.59 Å². The standard InChI is InChI=1S/C31H46O10/c1-14(2)10-29(37,11-15(3)4)12-21(33)41-23-22-17(6)24(34)31(38)27-28(7)18(16(5)8-19(32)25(28)35)9-20(40-26(23)36)30(22,27)13-39-31/h8,14-15,17-18,20,22-25,27,34-35,37-38H,9-13H2,1-7H3/t17-,18+,20-,22-,23-,24-,25-,27-,28-,30+,31+/m1/s1. The van der Waals surface area contributed by atoms with Crippen LogP contribution in [0.5, 0.6) is 0 Å². The zero-order chi connectivity index (χ0) is 30.4. The summed E-state index contributed by atoms with van der Waals surface area (Å²) in [6, 6.07) is 0. The van der Waals surface area contributed by atoms with Gasteiger partial charge >= 0.3 is 11.9 Å². The predicted molar refractivity (Wildman–Crippen MR) is 145 cm³/mol. The molecule has 41 heavy (non-hydrogen) atoms. The van der Waals surface area contributed by atoms with E-state index in [9.17, 15) is 34.8 Å². The number of rotatable bonds is 7. The minimum atomic E-state index is -2.12. The van der Waals surface area contributed by atoms with Gasteiger partial charge in [0.2, 0.25) is 6.10 Å². The van der Waals surface area contributed by atoms with Crippen LogP contribution >= 0.6 is 0 Å². The highest BCUT2D eigenvalue weighted by Gasteiger charge is 2.83. The molecule has 0 amide bonds. The van der Waals surface area contributed by atoms with E-state index in [-0.39, 0.29) is 31.3 Å². The van der Waals surface area contributed by atoms with E-state index in [1.165, 1.54) is 6.08 Å². The van der Waals surface area contributed by atoms with E-state index in [1.807, 2.05) is 27.7 Å². The second kappa shape index (κ2) is 9.84. The van der Waals surface area contributed by atoms with Crippen molar-refractivity contribution in [2.24, 2.45) is 46.3 Å². The summed E-state index contributed by atoms with van der Waals surface area (Å²) >= 11 is 0. The Bertz CT molecular complexity index is 1140. The Balaban J connectivity index is 1.55. The van der Waals surface area contributed by atoms with Crippen LogP contribution in [0.2, 0.25) is 0 Å². The van der Waals surface area contributed by atoms with Gasteiger partial charge in [-0.2, -0.15) is 0 Å². The Morgan fingerprint density at radius 2 is 1.78 bits per heavy atom. The molecule has 2 saturated carbocycles. The van der Waals surface area contributed by atoms with E-state index in [1.54, 1.807) is 20.8 Å². The molecule has 0 aromatic heterocycles. The van der Waals surface area contributed by atoms with Crippen LogP contribution in [0, 0.1) is 46.3 Å². The van der Waals surface area contributed by atoms with E-state index < -0.39 is 88.0 Å². The summed E-state index contributed by atoms with van der Waals surface area (Å²) < 4.78 is 17.9. The van der Waals surface area contributed by atoms with E-state index in [0.717, 1.165) is 0 Å². The molecule has 11 atom stereocenters. The Kier molecular flexibility index (Phi) is 7.34. The number of ketones is 1. The predicted octanol–water partition coefficient (Wildman–Crippen LogP) is 1.90. The maximum Gasteiger partial charge on any atom is 0.348 e. The molecule has 0 aromatic carbocycles. The molecule has 0 radical (unpaired) electrons. The molecule has 3 aliphatic carbocycles. The van der Waals surface area contributed by atoms with Gasteiger partial charge < -0.3 is 34.6 Å². The van der Waals surface area contributed by atoms with Crippen LogP contribution in [0.1, 0.15) is 74.1 Å². The molecule has 2 heterocycles. The van der Waals surface area contributed by atoms with Crippen LogP contribution in [0.4, 0.5) is 0 Å². The quantitative estimate of drug-likeness (QED) is 0.329. The Hall–Kier alpha value is -1.85. The second-order valence-corrected chi connectivity index (χ2v) is 14.7. The summed E-state index contributed by atoms with van der Waals surface area (Å²) in [7, 11) is 0. The zero-order valence-electron chi connectivity index (χ0n) is 25.1. The molecule has 4 fully saturated rings. The molecule has 5 aliphatic rings. The number of allylic oxidation sites excluding steroid dienone is 1. The zero-order valence-corrected chi connectivity index (χ0v) is 25.1. The van der Waals surface area contributed by atoms with E-state index in [2.05, 4.69) is 0 Å². The first-order chi connectivity index (χ1) is 18.9. The number of fused-ring (bicyclic) bond motifs is 1. The van der Waals surface area contributed by atoms with Gasteiger partial charge in [-0.15, -0.1) is 0 Å². The van der Waals surface area contributed by atoms with Crippen molar-refractivity contribution < 1.29 is 49.0 Å². The number of hydrogen-bond acceptors (Lipinski definition) is 10. The summed E-state index contributed by atoms with van der Waals surface area (Å²) in [6.07, 6.45) is -3.04. The minimum Gasteiger partial charge on any atom is -0.459 e. The summed E-state index contributed by atoms with van der Waals surface area (Å²) in [5, 5.41) is 46.2. The minimum absolute atomic E-state index is 0.108. The molecule has 2 aliphatic heterocycles. The van der Waals surface area contributed by atoms with Crippen molar-refractivity contribution >= 4 is 17.7 Å². The van der Waals surface area contributed by atoms with Gasteiger partial charge in [0, 0.05) is 22.7 Å². The molecule has 0 unspecified atom stereocenters. The highest BCUT2D eigenvalue weighted by atomic mass is 16.7. The average Bonchev–Trinajstić information content (AvgIpc) is 3.12. The molecule has 1 spiro atoms. The second-order valence-electron chi connectivity index (χ2n) is 14.7. The Morgan fingerprint density at radius 3 is 2.37 bits per heavy atom. The lowest BCUT2D eigenvalue weighted by atomic mass is 9.38. The molecule has 5 rings (SSSR count). The fraction of sp³-hybridized carbons (Fsp3) is 0.839. The van der Waals surface area contributed by atoms with Crippen LogP contribution in [0.15, 0.2) is 11.6 Å². The van der Waals surface area contributed by atoms with Gasteiger partial charge in [-0.1, -0.05) is 47.1 Å². The van der Waals surface area contributed by atoms with Crippen molar-refractivity contribution in [1.82, 2.24) is 0 Å². The molecular formula is C31H46O10. The molecule has 2 bridgehead atoms. The number of esters is 2. The normalized spacial score (nSPS) is 45.2. The van der Waals surface area contributed by atoms with Gasteiger partial charge in [-0.05, 0) is 55.9 Å². The lowest BCUT2D eigenvalue weighted by molar-refractivity contribution is -0.340. The van der Waals surface area contributed by atoms with Crippen molar-refractivity contribution in [3.05, 3.63) is 11.6 Å². The SMILES string of the molecule is CC1=CC(=O)[C@@H](O)[C@]2(C)[C@H]3[C@@]4(O)OC[C@]35[C@H]([C@@H](C)[C@H]4O)[C@@H](OC(=O)CC(O)(CC(C)C)CC(C)C)C(=O)O[C@@H]5C[C@@H]12. The lowest BCUT2D eigenvalue weighted by Gasteiger charge is -2.68. The third kappa shape index (κ3) is 4.26. The number of aliphatic hydroxyl groups excluding tert-OH is 2. The maximum atomic E-state index is 13.6. The largest absolute Gasteiger partial charge is 0.459 e. The molecule has 10 heteroatoms. The first-order valence-corrected chi connectivity index (χ1v) is 15.0. The van der Waals surface area contributed by atoms with E-state index >= 15 is 0 Å². The smallest absolute Gasteiger partial charge is 0.348 e. The summed E-state index contributed by atoms with van der Waals surface area (Å²) in [5.41, 5.74) is -3.01. The molecule has 230 valence electrons. The molecule has 0 aromatic rings. The first kappa shape index (κ1) is 30.6. The van der Waals surface area contributed by atoms with Crippen LogP contribution < -0.4 is 0 Å². The molecule has 4 N–H and O–H groups in total. The number of ether oxygens (including phenoxy) is 3. The molecule has 2 saturated heterocycles. The highest BCUT2D eigenvalue weighted by molar-refractivity contribution is 5.96. The number of aliphatic hydroxyl groups is 4. The first-order valence-electron chi connectivity index (χ1n) is 15.0. The van der Waals surface area contributed by atoms with Crippen molar-refractivity contribution in [1.29, 1.82) is 0 Å². The monoisotopic (exact) mass is 578 g/mol. The molecular weight excluding hydrogens is 532 g/mol. The van der Waals surface area contributed by atoms with Gasteiger partial charge in [0.25, 0.3) is 0 Å². The van der Waals surface area contributed by atoms with Crippen LogP contribution in [-0.2, 0) is 28.6 Å². The summed E-state index contributed by atoms with van der Waals surface area (Å²) in [5.74, 6) is -6.89. The van der Waals surface area contributed by atoms with Gasteiger partial charge in [-0.25, -0.2) is 4.79 Å². The van der Waals surface area contributed by atoms with Crippen molar-refractivity contribution in [2.45, 2.75) is 110 Å². The van der Waals surface area contributed by atoms with Gasteiger partial charge in [0.1, 0.15) is 18.3 Å². The van der Waals surface area contributed by atoms with Crippen LogP contribution in [0.3, 0.4) is 0 Å². The fourth-order valence-electron chi connectivity index (χ4n) is 9.93. The average molecular weight is 579 g/mol. The lowest BCUT2D eigenvalue weighted by Crippen LogP contribution is -2.78. The summed E-state index contributed by atoms with van der Waals surface area (Å²) in [4.78, 5) is 39.9. The van der Waals surface area contributed by atoms with Gasteiger partial charge in [0.15, 0.2) is 11.6 Å². The Morgan fingerprint density at radius 1 is 1.17 bits per heavy atom. The van der Waals surface area contributed by atoms with Crippen molar-refractivity contribution in [2.75, 3.05) is 6.61 Å². The highest BCUT2D eigenvalue weighted by Crippen LogP contribution is 2.73. The van der Waals surface area contributed by atoms with E-state index in [4.69, 9.17) is 14.2 Å². The fourth-order valence-corrected chi connectivity index (χ4v) is 9.93. The third-order valence-electron chi connectivity index (χ3n) is 10.9. The topological polar surface area (TPSA) is 160 Å².